The van der Waals surface area contributed by atoms with Crippen LogP contribution in [0, 0.1) is 11.3 Å². The van der Waals surface area contributed by atoms with Crippen LogP contribution in [0.2, 0.25) is 0 Å². The van der Waals surface area contributed by atoms with Crippen molar-refractivity contribution in [3.8, 4) is 5.75 Å². The van der Waals surface area contributed by atoms with Gasteiger partial charge in [-0.2, -0.15) is 0 Å². The lowest BCUT2D eigenvalue weighted by Gasteiger charge is -2.36. The maximum absolute atomic E-state index is 5.32. The SMILES string of the molecule is COc1ccc(CC(CBr)(CBr)C2CCCC2)cc1Br. The highest BCUT2D eigenvalue weighted by molar-refractivity contribution is 9.10. The van der Waals surface area contributed by atoms with E-state index in [1.165, 1.54) is 31.2 Å². The van der Waals surface area contributed by atoms with E-state index in [0.29, 0.717) is 5.41 Å². The van der Waals surface area contributed by atoms with Gasteiger partial charge in [0.25, 0.3) is 0 Å². The number of rotatable bonds is 6. The number of benzene rings is 1. The first-order chi connectivity index (χ1) is 9.65. The average Bonchev–Trinajstić information content (AvgIpc) is 3.00. The van der Waals surface area contributed by atoms with E-state index in [-0.39, 0.29) is 0 Å². The molecule has 0 atom stereocenters. The zero-order valence-corrected chi connectivity index (χ0v) is 16.6. The summed E-state index contributed by atoms with van der Waals surface area (Å²) in [5, 5.41) is 2.11. The van der Waals surface area contributed by atoms with Gasteiger partial charge in [-0.05, 0) is 64.2 Å². The number of ether oxygens (including phenoxy) is 1. The second-order valence-electron chi connectivity index (χ2n) is 5.76. The normalized spacial score (nSPS) is 16.6. The molecule has 0 spiro atoms. The van der Waals surface area contributed by atoms with Crippen molar-refractivity contribution in [2.24, 2.45) is 11.3 Å². The fourth-order valence-corrected chi connectivity index (χ4v) is 6.09. The van der Waals surface area contributed by atoms with Crippen molar-refractivity contribution in [1.29, 1.82) is 0 Å². The Morgan fingerprint density at radius 1 is 1.20 bits per heavy atom. The third-order valence-electron chi connectivity index (χ3n) is 4.53. The average molecular weight is 469 g/mol. The predicted molar refractivity (Wildman–Crippen MR) is 96.4 cm³/mol. The van der Waals surface area contributed by atoms with E-state index in [9.17, 15) is 0 Å². The molecule has 112 valence electrons. The Kier molecular flexibility index (Phi) is 6.43. The standard InChI is InChI=1S/C16H21Br3O/c1-20-15-7-6-12(8-14(15)19)9-16(10-17,11-18)13-4-2-3-5-13/h6-8,13H,2-5,9-11H2,1H3. The molecule has 1 aliphatic carbocycles. The van der Waals surface area contributed by atoms with Crippen molar-refractivity contribution in [3.63, 3.8) is 0 Å². The number of hydrogen-bond acceptors (Lipinski definition) is 1. The number of alkyl halides is 2. The fraction of sp³-hybridized carbons (Fsp3) is 0.625. The van der Waals surface area contributed by atoms with Crippen molar-refractivity contribution in [2.75, 3.05) is 17.8 Å². The molecular formula is C16H21Br3O. The number of halogens is 3. The molecule has 0 radical (unpaired) electrons. The van der Waals surface area contributed by atoms with E-state index in [2.05, 4.69) is 66.0 Å². The van der Waals surface area contributed by atoms with Crippen molar-refractivity contribution < 1.29 is 4.74 Å². The third-order valence-corrected chi connectivity index (χ3v) is 7.38. The highest BCUT2D eigenvalue weighted by Crippen LogP contribution is 2.45. The summed E-state index contributed by atoms with van der Waals surface area (Å²) < 4.78 is 6.36. The topological polar surface area (TPSA) is 9.23 Å². The van der Waals surface area contributed by atoms with Crippen LogP contribution in [0.1, 0.15) is 31.2 Å². The molecule has 1 aliphatic rings. The van der Waals surface area contributed by atoms with E-state index in [1.807, 2.05) is 0 Å². The summed E-state index contributed by atoms with van der Waals surface area (Å²) in [5.74, 6) is 1.72. The van der Waals surface area contributed by atoms with Gasteiger partial charge in [-0.25, -0.2) is 0 Å². The first-order valence-corrected chi connectivity index (χ1v) is 10.1. The molecule has 0 heterocycles. The first-order valence-electron chi connectivity index (χ1n) is 7.09. The molecule has 0 aromatic heterocycles. The summed E-state index contributed by atoms with van der Waals surface area (Å²) in [7, 11) is 1.71. The molecule has 0 saturated heterocycles. The molecule has 20 heavy (non-hydrogen) atoms. The Morgan fingerprint density at radius 2 is 1.85 bits per heavy atom. The lowest BCUT2D eigenvalue weighted by Crippen LogP contribution is -2.35. The van der Waals surface area contributed by atoms with Crippen LogP contribution in [0.3, 0.4) is 0 Å². The van der Waals surface area contributed by atoms with Crippen LogP contribution in [-0.2, 0) is 6.42 Å². The summed E-state index contributed by atoms with van der Waals surface area (Å²) in [4.78, 5) is 0. The number of methoxy groups -OCH3 is 1. The molecule has 1 saturated carbocycles. The van der Waals surface area contributed by atoms with Crippen LogP contribution < -0.4 is 4.74 Å². The van der Waals surface area contributed by atoms with E-state index in [0.717, 1.165) is 33.2 Å². The van der Waals surface area contributed by atoms with E-state index in [4.69, 9.17) is 4.74 Å². The molecule has 0 bridgehead atoms. The molecule has 0 unspecified atom stereocenters. The maximum atomic E-state index is 5.32. The zero-order valence-electron chi connectivity index (χ0n) is 11.8. The molecule has 0 amide bonds. The fourth-order valence-electron chi connectivity index (χ4n) is 3.26. The van der Waals surface area contributed by atoms with Gasteiger partial charge in [0, 0.05) is 10.7 Å². The minimum absolute atomic E-state index is 0.324. The largest absolute Gasteiger partial charge is 0.496 e. The van der Waals surface area contributed by atoms with Crippen LogP contribution >= 0.6 is 47.8 Å². The smallest absolute Gasteiger partial charge is 0.133 e. The molecule has 1 aromatic rings. The van der Waals surface area contributed by atoms with Crippen LogP contribution in [0.4, 0.5) is 0 Å². The predicted octanol–water partition coefficient (Wildman–Crippen LogP) is 5.97. The maximum Gasteiger partial charge on any atom is 0.133 e. The van der Waals surface area contributed by atoms with Gasteiger partial charge < -0.3 is 4.74 Å². The molecule has 1 fully saturated rings. The summed E-state index contributed by atoms with van der Waals surface area (Å²) in [6.45, 7) is 0. The van der Waals surface area contributed by atoms with Gasteiger partial charge in [-0.15, -0.1) is 0 Å². The molecule has 0 N–H and O–H groups in total. The summed E-state index contributed by atoms with van der Waals surface area (Å²) in [5.41, 5.74) is 1.70. The molecule has 1 nitrogen and oxygen atoms in total. The van der Waals surface area contributed by atoms with E-state index >= 15 is 0 Å². The van der Waals surface area contributed by atoms with Gasteiger partial charge in [0.15, 0.2) is 0 Å². The van der Waals surface area contributed by atoms with Gasteiger partial charge >= 0.3 is 0 Å². The van der Waals surface area contributed by atoms with Gasteiger partial charge in [0.05, 0.1) is 11.6 Å². The summed E-state index contributed by atoms with van der Waals surface area (Å²) in [6.07, 6.45) is 6.62. The summed E-state index contributed by atoms with van der Waals surface area (Å²) >= 11 is 11.2. The molecule has 1 aromatic carbocycles. The summed E-state index contributed by atoms with van der Waals surface area (Å²) in [6, 6.07) is 6.45. The van der Waals surface area contributed by atoms with Crippen LogP contribution in [0.25, 0.3) is 0 Å². The number of hydrogen-bond donors (Lipinski definition) is 0. The second kappa shape index (κ2) is 7.64. The van der Waals surface area contributed by atoms with Crippen molar-refractivity contribution >= 4 is 47.8 Å². The lowest BCUT2D eigenvalue weighted by molar-refractivity contribution is 0.233. The van der Waals surface area contributed by atoms with Gasteiger partial charge in [-0.3, -0.25) is 0 Å². The Hall–Kier alpha value is 0.460. The van der Waals surface area contributed by atoms with E-state index < -0.39 is 0 Å². The van der Waals surface area contributed by atoms with Gasteiger partial charge in [-0.1, -0.05) is 50.8 Å². The minimum atomic E-state index is 0.324. The van der Waals surface area contributed by atoms with E-state index in [1.54, 1.807) is 7.11 Å². The van der Waals surface area contributed by atoms with Crippen molar-refractivity contribution in [1.82, 2.24) is 0 Å². The highest BCUT2D eigenvalue weighted by atomic mass is 79.9. The second-order valence-corrected chi connectivity index (χ2v) is 7.73. The van der Waals surface area contributed by atoms with Crippen LogP contribution in [0.15, 0.2) is 22.7 Å². The van der Waals surface area contributed by atoms with Crippen LogP contribution in [-0.4, -0.2) is 17.8 Å². The highest BCUT2D eigenvalue weighted by Gasteiger charge is 2.38. The van der Waals surface area contributed by atoms with Crippen molar-refractivity contribution in [2.45, 2.75) is 32.1 Å². The quantitative estimate of drug-likeness (QED) is 0.467. The van der Waals surface area contributed by atoms with Crippen molar-refractivity contribution in [3.05, 3.63) is 28.2 Å². The Bertz CT molecular complexity index is 437. The molecular weight excluding hydrogens is 448 g/mol. The third kappa shape index (κ3) is 3.61. The minimum Gasteiger partial charge on any atom is -0.496 e. The molecule has 4 heteroatoms. The van der Waals surface area contributed by atoms with Gasteiger partial charge in [0.2, 0.25) is 0 Å². The molecule has 0 aliphatic heterocycles. The Balaban J connectivity index is 2.21. The molecule has 2 rings (SSSR count). The Labute approximate surface area is 147 Å². The Morgan fingerprint density at radius 3 is 2.35 bits per heavy atom. The van der Waals surface area contributed by atoms with Crippen LogP contribution in [0.5, 0.6) is 5.75 Å². The lowest BCUT2D eigenvalue weighted by atomic mass is 9.73. The first kappa shape index (κ1) is 16.8. The zero-order chi connectivity index (χ0) is 14.6. The monoisotopic (exact) mass is 466 g/mol. The van der Waals surface area contributed by atoms with Gasteiger partial charge in [0.1, 0.15) is 5.75 Å².